The molecule has 5 heteroatoms. The molecule has 0 fully saturated rings. The fourth-order valence-electron chi connectivity index (χ4n) is 1.31. The van der Waals surface area contributed by atoms with Gasteiger partial charge >= 0.3 is 0 Å². The molecule has 0 heterocycles. The van der Waals surface area contributed by atoms with E-state index in [-0.39, 0.29) is 11.9 Å². The second-order valence-electron chi connectivity index (χ2n) is 5.01. The summed E-state index contributed by atoms with van der Waals surface area (Å²) in [5.74, 6) is 0.427. The highest BCUT2D eigenvalue weighted by Crippen LogP contribution is 1.94. The summed E-state index contributed by atoms with van der Waals surface area (Å²) in [6.07, 6.45) is 0.342. The summed E-state index contributed by atoms with van der Waals surface area (Å²) >= 11 is 0. The summed E-state index contributed by atoms with van der Waals surface area (Å²) in [5, 5.41) is 15.4. The Kier molecular flexibility index (Phi) is 9.92. The minimum absolute atomic E-state index is 0.0350. The van der Waals surface area contributed by atoms with Gasteiger partial charge < -0.3 is 20.5 Å². The minimum Gasteiger partial charge on any atom is -0.389 e. The van der Waals surface area contributed by atoms with E-state index in [9.17, 15) is 9.90 Å². The standard InChI is InChI=1S/C13H28N2O3/c1-5-6-14-13(17)11(4)15-7-12(16)9-18-8-10(2)3/h10-12,15-16H,5-9H2,1-4H3,(H,14,17). The van der Waals surface area contributed by atoms with Crippen LogP contribution in [0.25, 0.3) is 0 Å². The molecule has 0 saturated carbocycles. The van der Waals surface area contributed by atoms with Gasteiger partial charge in [0.25, 0.3) is 0 Å². The van der Waals surface area contributed by atoms with Crippen LogP contribution in [0.4, 0.5) is 0 Å². The molecular formula is C13H28N2O3. The number of hydrogen-bond acceptors (Lipinski definition) is 4. The van der Waals surface area contributed by atoms with Gasteiger partial charge in [0, 0.05) is 19.7 Å². The van der Waals surface area contributed by atoms with E-state index in [1.165, 1.54) is 0 Å². The predicted molar refractivity (Wildman–Crippen MR) is 72.4 cm³/mol. The maximum atomic E-state index is 11.5. The quantitative estimate of drug-likeness (QED) is 0.536. The Balaban J connectivity index is 3.63. The largest absolute Gasteiger partial charge is 0.389 e. The van der Waals surface area contributed by atoms with Crippen molar-refractivity contribution in [1.29, 1.82) is 0 Å². The molecule has 0 aliphatic heterocycles. The number of ether oxygens (including phenoxy) is 1. The van der Waals surface area contributed by atoms with E-state index in [0.717, 1.165) is 6.42 Å². The van der Waals surface area contributed by atoms with Crippen molar-refractivity contribution in [2.75, 3.05) is 26.3 Å². The third-order valence-electron chi connectivity index (χ3n) is 2.36. The van der Waals surface area contributed by atoms with Gasteiger partial charge in [-0.25, -0.2) is 0 Å². The number of aliphatic hydroxyl groups is 1. The number of hydrogen-bond donors (Lipinski definition) is 3. The molecule has 3 N–H and O–H groups in total. The average molecular weight is 260 g/mol. The van der Waals surface area contributed by atoms with Gasteiger partial charge in [-0.2, -0.15) is 0 Å². The second-order valence-corrected chi connectivity index (χ2v) is 5.01. The van der Waals surface area contributed by atoms with E-state index in [0.29, 0.717) is 32.2 Å². The van der Waals surface area contributed by atoms with E-state index in [1.54, 1.807) is 6.92 Å². The zero-order chi connectivity index (χ0) is 14.0. The van der Waals surface area contributed by atoms with E-state index in [4.69, 9.17) is 4.74 Å². The molecule has 0 aliphatic carbocycles. The summed E-state index contributed by atoms with van der Waals surface area (Å²) in [6.45, 7) is 9.90. The molecule has 2 unspecified atom stereocenters. The molecule has 5 nitrogen and oxygen atoms in total. The van der Waals surface area contributed by atoms with Crippen LogP contribution in [-0.4, -0.2) is 49.5 Å². The van der Waals surface area contributed by atoms with Crippen molar-refractivity contribution in [1.82, 2.24) is 10.6 Å². The normalized spacial score (nSPS) is 14.6. The van der Waals surface area contributed by atoms with Gasteiger partial charge in [0.2, 0.25) is 5.91 Å². The number of amides is 1. The van der Waals surface area contributed by atoms with E-state index < -0.39 is 6.10 Å². The van der Waals surface area contributed by atoms with Crippen molar-refractivity contribution in [3.63, 3.8) is 0 Å². The molecule has 0 spiro atoms. The van der Waals surface area contributed by atoms with E-state index in [1.807, 2.05) is 6.92 Å². The molecule has 0 aromatic rings. The van der Waals surface area contributed by atoms with E-state index in [2.05, 4.69) is 24.5 Å². The van der Waals surface area contributed by atoms with Crippen molar-refractivity contribution in [2.24, 2.45) is 5.92 Å². The van der Waals surface area contributed by atoms with Crippen molar-refractivity contribution < 1.29 is 14.6 Å². The maximum Gasteiger partial charge on any atom is 0.236 e. The molecule has 0 radical (unpaired) electrons. The van der Waals surface area contributed by atoms with Crippen molar-refractivity contribution in [3.8, 4) is 0 Å². The van der Waals surface area contributed by atoms with Crippen LogP contribution in [0.3, 0.4) is 0 Å². The summed E-state index contributed by atoms with van der Waals surface area (Å²) in [6, 6.07) is -0.295. The first-order valence-corrected chi connectivity index (χ1v) is 6.74. The lowest BCUT2D eigenvalue weighted by molar-refractivity contribution is -0.122. The first-order valence-electron chi connectivity index (χ1n) is 6.74. The van der Waals surface area contributed by atoms with Crippen LogP contribution in [0, 0.1) is 5.92 Å². The molecule has 1 amide bonds. The van der Waals surface area contributed by atoms with Crippen molar-refractivity contribution in [3.05, 3.63) is 0 Å². The van der Waals surface area contributed by atoms with Crippen molar-refractivity contribution in [2.45, 2.75) is 46.3 Å². The van der Waals surface area contributed by atoms with Gasteiger partial charge in [-0.3, -0.25) is 4.79 Å². The molecule has 0 saturated heterocycles. The fraction of sp³-hybridized carbons (Fsp3) is 0.923. The average Bonchev–Trinajstić information content (AvgIpc) is 2.32. The second kappa shape index (κ2) is 10.3. The number of carbonyl (C=O) groups is 1. The van der Waals surface area contributed by atoms with Gasteiger partial charge in [0.1, 0.15) is 0 Å². The number of nitrogens with one attached hydrogen (secondary N) is 2. The smallest absolute Gasteiger partial charge is 0.236 e. The highest BCUT2D eigenvalue weighted by molar-refractivity contribution is 5.81. The molecular weight excluding hydrogens is 232 g/mol. The Morgan fingerprint density at radius 1 is 1.28 bits per heavy atom. The molecule has 0 aromatic carbocycles. The molecule has 0 aliphatic rings. The zero-order valence-electron chi connectivity index (χ0n) is 12.0. The van der Waals surface area contributed by atoms with Crippen LogP contribution >= 0.6 is 0 Å². The van der Waals surface area contributed by atoms with Crippen LogP contribution in [0.1, 0.15) is 34.1 Å². The van der Waals surface area contributed by atoms with Crippen LogP contribution in [-0.2, 0) is 9.53 Å². The minimum atomic E-state index is -0.579. The van der Waals surface area contributed by atoms with Gasteiger partial charge in [-0.1, -0.05) is 20.8 Å². The topological polar surface area (TPSA) is 70.6 Å². The van der Waals surface area contributed by atoms with E-state index >= 15 is 0 Å². The maximum absolute atomic E-state index is 11.5. The molecule has 0 rings (SSSR count). The highest BCUT2D eigenvalue weighted by atomic mass is 16.5. The fourth-order valence-corrected chi connectivity index (χ4v) is 1.31. The van der Waals surface area contributed by atoms with Crippen LogP contribution in [0.2, 0.25) is 0 Å². The SMILES string of the molecule is CCCNC(=O)C(C)NCC(O)COCC(C)C. The lowest BCUT2D eigenvalue weighted by Gasteiger charge is -2.17. The Hall–Kier alpha value is -0.650. The van der Waals surface area contributed by atoms with Crippen LogP contribution < -0.4 is 10.6 Å². The third-order valence-corrected chi connectivity index (χ3v) is 2.36. The molecule has 2 atom stereocenters. The molecule has 0 bridgehead atoms. The third kappa shape index (κ3) is 9.39. The summed E-state index contributed by atoms with van der Waals surface area (Å²) in [5.41, 5.74) is 0. The number of rotatable bonds is 10. The summed E-state index contributed by atoms with van der Waals surface area (Å²) in [7, 11) is 0. The first kappa shape index (κ1) is 17.4. The summed E-state index contributed by atoms with van der Waals surface area (Å²) < 4.78 is 5.32. The zero-order valence-corrected chi connectivity index (χ0v) is 12.0. The first-order chi connectivity index (χ1) is 8.47. The van der Waals surface area contributed by atoms with Gasteiger partial charge in [0.15, 0.2) is 0 Å². The summed E-state index contributed by atoms with van der Waals surface area (Å²) in [4.78, 5) is 11.5. The van der Waals surface area contributed by atoms with Crippen molar-refractivity contribution >= 4 is 5.91 Å². The van der Waals surface area contributed by atoms with Gasteiger partial charge in [-0.05, 0) is 19.3 Å². The molecule has 0 aromatic heterocycles. The lowest BCUT2D eigenvalue weighted by atomic mass is 10.2. The van der Waals surface area contributed by atoms with Crippen LogP contribution in [0.5, 0.6) is 0 Å². The Bertz CT molecular complexity index is 222. The number of carbonyl (C=O) groups excluding carboxylic acids is 1. The van der Waals surface area contributed by atoms with Gasteiger partial charge in [-0.15, -0.1) is 0 Å². The Morgan fingerprint density at radius 3 is 2.50 bits per heavy atom. The lowest BCUT2D eigenvalue weighted by Crippen LogP contribution is -2.45. The highest BCUT2D eigenvalue weighted by Gasteiger charge is 2.13. The predicted octanol–water partition coefficient (Wildman–Crippen LogP) is 0.524. The monoisotopic (exact) mass is 260 g/mol. The molecule has 108 valence electrons. The Labute approximate surface area is 110 Å². The van der Waals surface area contributed by atoms with Gasteiger partial charge in [0.05, 0.1) is 18.8 Å². The number of aliphatic hydroxyl groups excluding tert-OH is 1. The Morgan fingerprint density at radius 2 is 1.94 bits per heavy atom. The van der Waals surface area contributed by atoms with Crippen LogP contribution in [0.15, 0.2) is 0 Å². The molecule has 18 heavy (non-hydrogen) atoms.